The van der Waals surface area contributed by atoms with Gasteiger partial charge in [0.15, 0.2) is 6.10 Å². The van der Waals surface area contributed by atoms with Crippen molar-refractivity contribution in [1.29, 1.82) is 0 Å². The maximum Gasteiger partial charge on any atom is 0.472 e. The van der Waals surface area contributed by atoms with Gasteiger partial charge in [0.05, 0.1) is 27.7 Å². The number of allylic oxidation sites excluding steroid dienone is 4. The second-order valence-corrected chi connectivity index (χ2v) is 17.9. The monoisotopic (exact) mass is 801 g/mol. The number of unbranched alkanes of at least 4 members (excludes halogenated alkanes) is 23. The molecule has 0 spiro atoms. The molecule has 0 saturated carbocycles. The van der Waals surface area contributed by atoms with Gasteiger partial charge < -0.3 is 18.9 Å². The van der Waals surface area contributed by atoms with Crippen LogP contribution in [0.15, 0.2) is 24.3 Å². The normalized spacial score (nSPS) is 13.8. The van der Waals surface area contributed by atoms with Crippen molar-refractivity contribution < 1.29 is 42.1 Å². The zero-order chi connectivity index (χ0) is 40.7. The van der Waals surface area contributed by atoms with Crippen LogP contribution in [0.1, 0.15) is 200 Å². The topological polar surface area (TPSA) is 108 Å². The van der Waals surface area contributed by atoms with E-state index in [1.54, 1.807) is 0 Å². The first-order chi connectivity index (χ1) is 26.5. The molecule has 9 nitrogen and oxygen atoms in total. The summed E-state index contributed by atoms with van der Waals surface area (Å²) in [6.45, 7) is 4.40. The first kappa shape index (κ1) is 53.5. The van der Waals surface area contributed by atoms with Crippen LogP contribution in [0.3, 0.4) is 0 Å². The van der Waals surface area contributed by atoms with Crippen molar-refractivity contribution in [1.82, 2.24) is 0 Å². The molecule has 0 radical (unpaired) electrons. The van der Waals surface area contributed by atoms with Crippen molar-refractivity contribution >= 4 is 19.8 Å². The zero-order valence-electron chi connectivity index (χ0n) is 36.4. The number of hydrogen-bond donors (Lipinski definition) is 1. The molecule has 2 atom stereocenters. The fraction of sp³-hybridized carbons (Fsp3) is 0.867. The van der Waals surface area contributed by atoms with Crippen LogP contribution in [0, 0.1) is 0 Å². The number of phosphoric ester groups is 1. The minimum atomic E-state index is -4.37. The summed E-state index contributed by atoms with van der Waals surface area (Å²) in [5.41, 5.74) is 0. The fourth-order valence-corrected chi connectivity index (χ4v) is 6.90. The van der Waals surface area contributed by atoms with Crippen molar-refractivity contribution in [2.24, 2.45) is 0 Å². The van der Waals surface area contributed by atoms with E-state index in [9.17, 15) is 19.0 Å². The third-order valence-corrected chi connectivity index (χ3v) is 10.7. The van der Waals surface area contributed by atoms with Crippen LogP contribution >= 0.6 is 7.82 Å². The molecule has 0 aromatic carbocycles. The van der Waals surface area contributed by atoms with E-state index in [0.717, 1.165) is 51.4 Å². The molecule has 0 heterocycles. The largest absolute Gasteiger partial charge is 0.472 e. The van der Waals surface area contributed by atoms with Crippen LogP contribution in [-0.2, 0) is 32.7 Å². The van der Waals surface area contributed by atoms with E-state index >= 15 is 0 Å². The highest BCUT2D eigenvalue weighted by atomic mass is 31.2. The minimum Gasteiger partial charge on any atom is -0.462 e. The standard InChI is InChI=1S/C45H86NO8P/c1-6-8-10-12-14-16-18-20-22-23-24-26-27-29-31-33-35-37-44(47)51-41-43(42-53-55(49,50)52-40-39-46(3,4)5)54-45(48)38-36-34-32-30-28-25-21-19-17-15-13-11-9-7-2/h14,16,20,22,43H,6-13,15,17-19,21,23-42H2,1-5H3/p+1/b16-14+,22-20+/t43-/m1/s1. The lowest BCUT2D eigenvalue weighted by Crippen LogP contribution is -2.37. The van der Waals surface area contributed by atoms with Crippen LogP contribution in [0.5, 0.6) is 0 Å². The summed E-state index contributed by atoms with van der Waals surface area (Å²) < 4.78 is 34.3. The summed E-state index contributed by atoms with van der Waals surface area (Å²) >= 11 is 0. The predicted molar refractivity (Wildman–Crippen MR) is 229 cm³/mol. The van der Waals surface area contributed by atoms with Gasteiger partial charge in [-0.2, -0.15) is 0 Å². The highest BCUT2D eigenvalue weighted by Gasteiger charge is 2.27. The highest BCUT2D eigenvalue weighted by molar-refractivity contribution is 7.47. The number of nitrogens with zero attached hydrogens (tertiary/aromatic N) is 1. The Balaban J connectivity index is 4.33. The van der Waals surface area contributed by atoms with Gasteiger partial charge in [-0.3, -0.25) is 18.6 Å². The molecule has 1 N–H and O–H groups in total. The second kappa shape index (κ2) is 38.0. The molecule has 324 valence electrons. The highest BCUT2D eigenvalue weighted by Crippen LogP contribution is 2.43. The van der Waals surface area contributed by atoms with Gasteiger partial charge in [-0.1, -0.05) is 167 Å². The summed E-state index contributed by atoms with van der Waals surface area (Å²) in [4.78, 5) is 35.4. The van der Waals surface area contributed by atoms with E-state index in [4.69, 9.17) is 18.5 Å². The Bertz CT molecular complexity index is 996. The number of hydrogen-bond acceptors (Lipinski definition) is 7. The molecule has 0 aliphatic rings. The molecule has 55 heavy (non-hydrogen) atoms. The van der Waals surface area contributed by atoms with Gasteiger partial charge in [0.2, 0.25) is 0 Å². The Labute approximate surface area is 339 Å². The van der Waals surface area contributed by atoms with Gasteiger partial charge in [0.25, 0.3) is 0 Å². The summed E-state index contributed by atoms with van der Waals surface area (Å²) in [6, 6.07) is 0. The average Bonchev–Trinajstić information content (AvgIpc) is 3.13. The molecule has 0 aromatic heterocycles. The van der Waals surface area contributed by atoms with Crippen molar-refractivity contribution in [3.63, 3.8) is 0 Å². The Morgan fingerprint density at radius 1 is 0.564 bits per heavy atom. The minimum absolute atomic E-state index is 0.0323. The molecular weight excluding hydrogens is 713 g/mol. The molecule has 0 aliphatic carbocycles. The summed E-state index contributed by atoms with van der Waals surface area (Å²) in [5.74, 6) is -0.800. The lowest BCUT2D eigenvalue weighted by molar-refractivity contribution is -0.870. The van der Waals surface area contributed by atoms with Crippen molar-refractivity contribution in [2.45, 2.75) is 206 Å². The number of rotatable bonds is 41. The Morgan fingerprint density at radius 2 is 0.982 bits per heavy atom. The second-order valence-electron chi connectivity index (χ2n) is 16.4. The van der Waals surface area contributed by atoms with E-state index in [-0.39, 0.29) is 32.0 Å². The summed E-state index contributed by atoms with van der Waals surface area (Å²) in [7, 11) is 1.48. The van der Waals surface area contributed by atoms with Gasteiger partial charge >= 0.3 is 19.8 Å². The summed E-state index contributed by atoms with van der Waals surface area (Å²) in [6.07, 6.45) is 40.7. The van der Waals surface area contributed by atoms with Crippen molar-refractivity contribution in [3.8, 4) is 0 Å². The first-order valence-corrected chi connectivity index (χ1v) is 24.1. The molecule has 0 aliphatic heterocycles. The zero-order valence-corrected chi connectivity index (χ0v) is 37.3. The molecule has 0 fully saturated rings. The van der Waals surface area contributed by atoms with E-state index in [1.165, 1.54) is 116 Å². The smallest absolute Gasteiger partial charge is 0.462 e. The third-order valence-electron chi connectivity index (χ3n) is 9.73. The average molecular weight is 801 g/mol. The van der Waals surface area contributed by atoms with Crippen LogP contribution in [0.2, 0.25) is 0 Å². The van der Waals surface area contributed by atoms with Crippen molar-refractivity contribution in [3.05, 3.63) is 24.3 Å². The molecule has 0 amide bonds. The summed E-state index contributed by atoms with van der Waals surface area (Å²) in [5, 5.41) is 0. The number of carbonyl (C=O) groups excluding carboxylic acids is 2. The Morgan fingerprint density at radius 3 is 1.47 bits per heavy atom. The third kappa shape index (κ3) is 41.9. The van der Waals surface area contributed by atoms with Crippen molar-refractivity contribution in [2.75, 3.05) is 47.5 Å². The lowest BCUT2D eigenvalue weighted by atomic mass is 10.0. The van der Waals surface area contributed by atoms with Gasteiger partial charge in [-0.15, -0.1) is 0 Å². The van der Waals surface area contributed by atoms with Crippen LogP contribution in [0.25, 0.3) is 0 Å². The van der Waals surface area contributed by atoms with Gasteiger partial charge in [0, 0.05) is 12.8 Å². The van der Waals surface area contributed by atoms with Crippen LogP contribution in [0.4, 0.5) is 0 Å². The molecule has 0 aromatic rings. The van der Waals surface area contributed by atoms with Crippen LogP contribution in [-0.4, -0.2) is 74.9 Å². The van der Waals surface area contributed by atoms with Gasteiger partial charge in [-0.05, 0) is 44.9 Å². The van der Waals surface area contributed by atoms with Crippen LogP contribution < -0.4 is 0 Å². The molecule has 0 saturated heterocycles. The molecular formula is C45H87NO8P+. The molecule has 0 rings (SSSR count). The number of quaternary nitrogens is 1. The van der Waals surface area contributed by atoms with E-state index < -0.39 is 26.5 Å². The number of likely N-dealkylation sites (N-methyl/N-ethyl adjacent to an activating group) is 1. The predicted octanol–water partition coefficient (Wildman–Crippen LogP) is 12.7. The number of phosphoric acid groups is 1. The Hall–Kier alpha value is -1.51. The number of ether oxygens (including phenoxy) is 2. The molecule has 1 unspecified atom stereocenters. The molecule has 10 heteroatoms. The lowest BCUT2D eigenvalue weighted by Gasteiger charge is -2.24. The SMILES string of the molecule is CCCCC/C=C/C/C=C/CCCCCCCCCC(=O)OC[C@H](COP(=O)(O)OCC[N+](C)(C)C)OC(=O)CCCCCCCCCCCCCCCC. The number of carbonyl (C=O) groups is 2. The maximum absolute atomic E-state index is 12.7. The fourth-order valence-electron chi connectivity index (χ4n) is 6.16. The molecule has 0 bridgehead atoms. The quantitative estimate of drug-likeness (QED) is 0.0214. The van der Waals surface area contributed by atoms with Gasteiger partial charge in [-0.25, -0.2) is 4.57 Å². The van der Waals surface area contributed by atoms with Gasteiger partial charge in [0.1, 0.15) is 19.8 Å². The van der Waals surface area contributed by atoms with E-state index in [2.05, 4.69) is 38.2 Å². The maximum atomic E-state index is 12.7. The Kier molecular flexibility index (Phi) is 37.0. The van der Waals surface area contributed by atoms with E-state index in [0.29, 0.717) is 17.4 Å². The van der Waals surface area contributed by atoms with E-state index in [1.807, 2.05) is 21.1 Å². The number of esters is 2. The first-order valence-electron chi connectivity index (χ1n) is 22.6.